The van der Waals surface area contributed by atoms with Crippen molar-refractivity contribution in [1.29, 1.82) is 5.41 Å². The molecule has 0 aliphatic rings. The Labute approximate surface area is 96.5 Å². The van der Waals surface area contributed by atoms with Gasteiger partial charge in [0.15, 0.2) is 0 Å². The average Bonchev–Trinajstić information content (AvgIpc) is 2.29. The van der Waals surface area contributed by atoms with Crippen molar-refractivity contribution in [3.8, 4) is 5.75 Å². The van der Waals surface area contributed by atoms with Gasteiger partial charge in [0.25, 0.3) is 0 Å². The third-order valence-electron chi connectivity index (χ3n) is 2.45. The molecule has 0 aliphatic heterocycles. The number of ether oxygens (including phenoxy) is 1. The van der Waals surface area contributed by atoms with Crippen LogP contribution in [-0.4, -0.2) is 37.5 Å². The van der Waals surface area contributed by atoms with Crippen LogP contribution in [0.4, 0.5) is 0 Å². The monoisotopic (exact) mass is 221 g/mol. The average molecular weight is 221 g/mol. The van der Waals surface area contributed by atoms with E-state index in [0.717, 1.165) is 24.4 Å². The second-order valence-corrected chi connectivity index (χ2v) is 3.68. The Hall–Kier alpha value is -1.55. The van der Waals surface area contributed by atoms with Gasteiger partial charge in [-0.25, -0.2) is 0 Å². The lowest BCUT2D eigenvalue weighted by molar-refractivity contribution is 0.244. The maximum absolute atomic E-state index is 7.26. The van der Waals surface area contributed by atoms with Gasteiger partial charge in [-0.05, 0) is 37.9 Å². The molecule has 4 heteroatoms. The highest BCUT2D eigenvalue weighted by atomic mass is 16.5. The number of nitrogens with zero attached hydrogens (tertiary/aromatic N) is 1. The molecule has 1 aromatic carbocycles. The minimum absolute atomic E-state index is 0.0808. The summed E-state index contributed by atoms with van der Waals surface area (Å²) >= 11 is 0. The molecule has 1 rings (SSSR count). The van der Waals surface area contributed by atoms with E-state index in [1.54, 1.807) is 12.1 Å². The van der Waals surface area contributed by atoms with Gasteiger partial charge >= 0.3 is 0 Å². The third-order valence-corrected chi connectivity index (χ3v) is 2.45. The van der Waals surface area contributed by atoms with Crippen LogP contribution in [0.2, 0.25) is 0 Å². The maximum Gasteiger partial charge on any atom is 0.122 e. The molecule has 0 bridgehead atoms. The molecule has 0 aliphatic carbocycles. The first-order valence-corrected chi connectivity index (χ1v) is 5.39. The van der Waals surface area contributed by atoms with E-state index in [1.165, 1.54) is 0 Å². The zero-order chi connectivity index (χ0) is 12.0. The fourth-order valence-corrected chi connectivity index (χ4v) is 1.21. The number of benzene rings is 1. The molecule has 88 valence electrons. The summed E-state index contributed by atoms with van der Waals surface area (Å²) in [4.78, 5) is 2.18. The van der Waals surface area contributed by atoms with Gasteiger partial charge in [-0.2, -0.15) is 0 Å². The van der Waals surface area contributed by atoms with Gasteiger partial charge < -0.3 is 15.4 Å². The van der Waals surface area contributed by atoms with Crippen molar-refractivity contribution in [3.05, 3.63) is 29.8 Å². The van der Waals surface area contributed by atoms with Crippen LogP contribution in [0.5, 0.6) is 5.75 Å². The molecule has 0 heterocycles. The van der Waals surface area contributed by atoms with Crippen molar-refractivity contribution in [1.82, 2.24) is 4.90 Å². The van der Waals surface area contributed by atoms with E-state index in [4.69, 9.17) is 15.9 Å². The van der Waals surface area contributed by atoms with E-state index >= 15 is 0 Å². The van der Waals surface area contributed by atoms with Gasteiger partial charge in [-0.1, -0.05) is 6.92 Å². The lowest BCUT2D eigenvalue weighted by Crippen LogP contribution is -2.23. The van der Waals surface area contributed by atoms with Crippen molar-refractivity contribution in [3.63, 3.8) is 0 Å². The number of likely N-dealkylation sites (N-methyl/N-ethyl adjacent to an activating group) is 1. The summed E-state index contributed by atoms with van der Waals surface area (Å²) in [6.07, 6.45) is 0. The predicted octanol–water partition coefficient (Wildman–Crippen LogP) is 1.30. The van der Waals surface area contributed by atoms with Gasteiger partial charge in [0.05, 0.1) is 0 Å². The molecular weight excluding hydrogens is 202 g/mol. The van der Waals surface area contributed by atoms with Crippen LogP contribution >= 0.6 is 0 Å². The molecule has 0 saturated carbocycles. The van der Waals surface area contributed by atoms with Crippen molar-refractivity contribution in [2.45, 2.75) is 6.92 Å². The van der Waals surface area contributed by atoms with Crippen LogP contribution in [0.3, 0.4) is 0 Å². The summed E-state index contributed by atoms with van der Waals surface area (Å²) in [5.41, 5.74) is 6.08. The lowest BCUT2D eigenvalue weighted by atomic mass is 10.2. The molecule has 0 fully saturated rings. The summed E-state index contributed by atoms with van der Waals surface area (Å²) in [5, 5.41) is 7.26. The van der Waals surface area contributed by atoms with Gasteiger partial charge in [-0.15, -0.1) is 0 Å². The molecule has 16 heavy (non-hydrogen) atoms. The zero-order valence-electron chi connectivity index (χ0n) is 9.86. The first-order chi connectivity index (χ1) is 7.63. The molecule has 0 amide bonds. The molecule has 3 N–H and O–H groups in total. The van der Waals surface area contributed by atoms with Crippen molar-refractivity contribution < 1.29 is 4.74 Å². The van der Waals surface area contributed by atoms with E-state index in [0.29, 0.717) is 6.61 Å². The van der Waals surface area contributed by atoms with Crippen LogP contribution in [0.15, 0.2) is 24.3 Å². The number of hydrogen-bond acceptors (Lipinski definition) is 3. The largest absolute Gasteiger partial charge is 0.492 e. The van der Waals surface area contributed by atoms with Crippen LogP contribution in [0.1, 0.15) is 12.5 Å². The number of amidine groups is 1. The summed E-state index contributed by atoms with van der Waals surface area (Å²) in [5.74, 6) is 0.895. The normalized spacial score (nSPS) is 10.4. The highest BCUT2D eigenvalue weighted by molar-refractivity contribution is 5.94. The zero-order valence-corrected chi connectivity index (χ0v) is 9.86. The standard InChI is InChI=1S/C12H19N3O/c1-3-15(2)8-9-16-11-6-4-10(5-7-11)12(13)14/h4-7H,3,8-9H2,1-2H3,(H3,13,14). The number of nitrogens with one attached hydrogen (secondary N) is 1. The van der Waals surface area contributed by atoms with Crippen LogP contribution in [0.25, 0.3) is 0 Å². The highest BCUT2D eigenvalue weighted by Crippen LogP contribution is 2.11. The van der Waals surface area contributed by atoms with E-state index in [2.05, 4.69) is 18.9 Å². The molecule has 0 unspecified atom stereocenters. The Morgan fingerprint density at radius 1 is 1.38 bits per heavy atom. The Morgan fingerprint density at radius 2 is 2.00 bits per heavy atom. The summed E-state index contributed by atoms with van der Waals surface area (Å²) in [7, 11) is 2.06. The number of nitrogens with two attached hydrogens (primary N) is 1. The van der Waals surface area contributed by atoms with Crippen molar-refractivity contribution in [2.75, 3.05) is 26.7 Å². The maximum atomic E-state index is 7.26. The van der Waals surface area contributed by atoms with E-state index in [1.807, 2.05) is 12.1 Å². The highest BCUT2D eigenvalue weighted by Gasteiger charge is 1.98. The molecule has 0 atom stereocenters. The Balaban J connectivity index is 2.40. The van der Waals surface area contributed by atoms with E-state index < -0.39 is 0 Å². The molecule has 4 nitrogen and oxygen atoms in total. The molecule has 0 spiro atoms. The predicted molar refractivity (Wildman–Crippen MR) is 66.1 cm³/mol. The molecule has 0 saturated heterocycles. The quantitative estimate of drug-likeness (QED) is 0.562. The van der Waals surface area contributed by atoms with E-state index in [9.17, 15) is 0 Å². The summed E-state index contributed by atoms with van der Waals surface area (Å²) in [6.45, 7) is 4.71. The fourth-order valence-electron chi connectivity index (χ4n) is 1.21. The summed E-state index contributed by atoms with van der Waals surface area (Å²) in [6, 6.07) is 7.26. The van der Waals surface area contributed by atoms with Gasteiger partial charge in [0.2, 0.25) is 0 Å². The third kappa shape index (κ3) is 3.90. The lowest BCUT2D eigenvalue weighted by Gasteiger charge is -2.14. The van der Waals surface area contributed by atoms with Gasteiger partial charge in [-0.3, -0.25) is 5.41 Å². The molecule has 0 aromatic heterocycles. The van der Waals surface area contributed by atoms with Gasteiger partial charge in [0.1, 0.15) is 18.2 Å². The van der Waals surface area contributed by atoms with Crippen LogP contribution in [0, 0.1) is 5.41 Å². The smallest absolute Gasteiger partial charge is 0.122 e. The Bertz CT molecular complexity index is 335. The molecular formula is C12H19N3O. The van der Waals surface area contributed by atoms with Gasteiger partial charge in [0, 0.05) is 12.1 Å². The Kier molecular flexibility index (Phi) is 4.79. The molecule has 1 aromatic rings. The minimum atomic E-state index is 0.0808. The topological polar surface area (TPSA) is 62.3 Å². The van der Waals surface area contributed by atoms with Crippen LogP contribution < -0.4 is 10.5 Å². The second-order valence-electron chi connectivity index (χ2n) is 3.68. The molecule has 0 radical (unpaired) electrons. The first kappa shape index (κ1) is 12.5. The number of hydrogen-bond donors (Lipinski definition) is 2. The van der Waals surface area contributed by atoms with Crippen LogP contribution in [-0.2, 0) is 0 Å². The number of nitrogen functional groups attached to an aromatic ring is 1. The summed E-state index contributed by atoms with van der Waals surface area (Å²) < 4.78 is 5.56. The Morgan fingerprint density at radius 3 is 2.50 bits per heavy atom. The van der Waals surface area contributed by atoms with Crippen molar-refractivity contribution in [2.24, 2.45) is 5.73 Å². The minimum Gasteiger partial charge on any atom is -0.492 e. The second kappa shape index (κ2) is 6.12. The fraction of sp³-hybridized carbons (Fsp3) is 0.417. The first-order valence-electron chi connectivity index (χ1n) is 5.39. The number of rotatable bonds is 6. The SMILES string of the molecule is CCN(C)CCOc1ccc(C(=N)N)cc1. The van der Waals surface area contributed by atoms with E-state index in [-0.39, 0.29) is 5.84 Å². The van der Waals surface area contributed by atoms with Crippen molar-refractivity contribution >= 4 is 5.84 Å².